The van der Waals surface area contributed by atoms with Crippen LogP contribution in [0, 0.1) is 11.1 Å². The van der Waals surface area contributed by atoms with Crippen LogP contribution < -0.4 is 14.2 Å². The first kappa shape index (κ1) is 29.2. The average Bonchev–Trinajstić information content (AvgIpc) is 3.35. The van der Waals surface area contributed by atoms with Gasteiger partial charge in [-0.1, -0.05) is 29.3 Å². The molecule has 2 aliphatic rings. The molecule has 3 heterocycles. The van der Waals surface area contributed by atoms with E-state index in [0.717, 1.165) is 31.6 Å². The van der Waals surface area contributed by atoms with Gasteiger partial charge in [-0.2, -0.15) is 13.5 Å². The van der Waals surface area contributed by atoms with Crippen molar-refractivity contribution in [2.45, 2.75) is 37.4 Å². The first-order valence-electron chi connectivity index (χ1n) is 12.5. The van der Waals surface area contributed by atoms with Gasteiger partial charge in [0.1, 0.15) is 16.1 Å². The van der Waals surface area contributed by atoms with E-state index in [0.29, 0.717) is 34.1 Å². The van der Waals surface area contributed by atoms with Gasteiger partial charge in [-0.15, -0.1) is 11.8 Å². The van der Waals surface area contributed by atoms with E-state index < -0.39 is 30.0 Å². The number of alkyl halides is 2. The standard InChI is InChI=1S/C26H23Cl2F2N3O7S/c27-17-10-32(36)11-18(28)16(17)8-20(15-3-4-19(40-26(29)30)21(7-15)37-12-14-1-2-14)39-25(35)24-33(5-6-41-24)23(34)22-9-31-13-38-22/h3-4,7,9-11,13-14,20,24,26H,1-2,5-6,8,12H2/t20-,24?/m0/s1. The fourth-order valence-corrected chi connectivity index (χ4v) is 5.89. The van der Waals surface area contributed by atoms with Gasteiger partial charge in [0.25, 0.3) is 5.91 Å². The zero-order valence-electron chi connectivity index (χ0n) is 21.2. The van der Waals surface area contributed by atoms with Crippen LogP contribution in [0.4, 0.5) is 8.78 Å². The van der Waals surface area contributed by atoms with Gasteiger partial charge in [0.2, 0.25) is 5.76 Å². The summed E-state index contributed by atoms with van der Waals surface area (Å²) in [6.07, 6.45) is 5.39. The minimum absolute atomic E-state index is 0.0253. The van der Waals surface area contributed by atoms with Crippen molar-refractivity contribution < 1.29 is 41.7 Å². The smallest absolute Gasteiger partial charge is 0.387 e. The molecule has 1 saturated heterocycles. The summed E-state index contributed by atoms with van der Waals surface area (Å²) in [4.78, 5) is 31.5. The lowest BCUT2D eigenvalue weighted by atomic mass is 10.0. The lowest BCUT2D eigenvalue weighted by Gasteiger charge is -2.25. The number of aromatic nitrogens is 2. The maximum atomic E-state index is 13.5. The molecule has 5 rings (SSSR count). The van der Waals surface area contributed by atoms with Crippen molar-refractivity contribution in [2.75, 3.05) is 18.9 Å². The van der Waals surface area contributed by atoms with Gasteiger partial charge in [-0.05, 0) is 36.5 Å². The van der Waals surface area contributed by atoms with Crippen LogP contribution in [0.2, 0.25) is 10.0 Å². The zero-order valence-corrected chi connectivity index (χ0v) is 23.5. The summed E-state index contributed by atoms with van der Waals surface area (Å²) in [5, 5.41) is 10.9. The number of oxazole rings is 1. The number of halogens is 4. The number of esters is 1. The molecule has 0 radical (unpaired) electrons. The number of amides is 1. The molecule has 2 atom stereocenters. The molecular formula is C26H23Cl2F2N3O7S. The van der Waals surface area contributed by atoms with Crippen molar-refractivity contribution in [3.8, 4) is 11.5 Å². The summed E-state index contributed by atoms with van der Waals surface area (Å²) in [6, 6.07) is 4.21. The summed E-state index contributed by atoms with van der Waals surface area (Å²) >= 11 is 13.8. The van der Waals surface area contributed by atoms with Gasteiger partial charge < -0.3 is 28.7 Å². The van der Waals surface area contributed by atoms with Crippen LogP contribution in [0.5, 0.6) is 11.5 Å². The van der Waals surface area contributed by atoms with Gasteiger partial charge in [0, 0.05) is 24.3 Å². The number of pyridine rings is 1. The normalized spacial score (nSPS) is 17.5. The van der Waals surface area contributed by atoms with Crippen LogP contribution >= 0.6 is 35.0 Å². The largest absolute Gasteiger partial charge is 0.619 e. The first-order valence-corrected chi connectivity index (χ1v) is 14.3. The van der Waals surface area contributed by atoms with Crippen molar-refractivity contribution in [2.24, 2.45) is 5.92 Å². The molecule has 10 nitrogen and oxygen atoms in total. The summed E-state index contributed by atoms with van der Waals surface area (Å²) in [7, 11) is 0. The lowest BCUT2D eigenvalue weighted by Crippen LogP contribution is -2.40. The first-order chi connectivity index (χ1) is 19.7. The molecule has 1 aliphatic carbocycles. The molecule has 1 unspecified atom stereocenters. The third-order valence-electron chi connectivity index (χ3n) is 6.43. The second-order valence-electron chi connectivity index (χ2n) is 9.35. The highest BCUT2D eigenvalue weighted by molar-refractivity contribution is 8.00. The number of hydrogen-bond acceptors (Lipinski definition) is 9. The monoisotopic (exact) mass is 629 g/mol. The van der Waals surface area contributed by atoms with Crippen molar-refractivity contribution in [1.82, 2.24) is 9.88 Å². The number of carbonyl (C=O) groups is 2. The summed E-state index contributed by atoms with van der Waals surface area (Å²) in [6.45, 7) is -2.50. The number of carbonyl (C=O) groups excluding carboxylic acids is 2. The summed E-state index contributed by atoms with van der Waals surface area (Å²) < 4.78 is 48.1. The van der Waals surface area contributed by atoms with E-state index in [1.165, 1.54) is 41.1 Å². The predicted octanol–water partition coefficient (Wildman–Crippen LogP) is 5.05. The summed E-state index contributed by atoms with van der Waals surface area (Å²) in [5.41, 5.74) is 0.688. The van der Waals surface area contributed by atoms with Crippen LogP contribution in [0.3, 0.4) is 0 Å². The Morgan fingerprint density at radius 2 is 1.98 bits per heavy atom. The number of rotatable bonds is 11. The molecule has 1 amide bonds. The highest BCUT2D eigenvalue weighted by atomic mass is 35.5. The van der Waals surface area contributed by atoms with E-state index in [9.17, 15) is 23.6 Å². The second kappa shape index (κ2) is 12.7. The third-order valence-corrected chi connectivity index (χ3v) is 8.26. The predicted molar refractivity (Wildman–Crippen MR) is 143 cm³/mol. The Balaban J connectivity index is 1.45. The molecule has 0 spiro atoms. The third kappa shape index (κ3) is 7.14. The van der Waals surface area contributed by atoms with Crippen molar-refractivity contribution in [3.05, 3.63) is 75.3 Å². The van der Waals surface area contributed by atoms with Crippen LogP contribution in [-0.4, -0.2) is 52.7 Å². The SMILES string of the molecule is O=C(O[C@@H](Cc1c(Cl)c[n+]([O-])cc1Cl)c1ccc(OC(F)F)c(OCC2CC2)c1)C1SCCN1C(=O)c1cnco1. The van der Waals surface area contributed by atoms with Gasteiger partial charge in [0.05, 0.1) is 12.8 Å². The maximum absolute atomic E-state index is 13.5. The van der Waals surface area contributed by atoms with Crippen molar-refractivity contribution >= 4 is 46.8 Å². The fourth-order valence-electron chi connectivity index (χ4n) is 4.20. The van der Waals surface area contributed by atoms with E-state index in [2.05, 4.69) is 9.72 Å². The Kier molecular flexibility index (Phi) is 9.05. The Morgan fingerprint density at radius 1 is 1.22 bits per heavy atom. The molecule has 41 heavy (non-hydrogen) atoms. The molecule has 218 valence electrons. The molecule has 1 aliphatic heterocycles. The molecular weight excluding hydrogens is 607 g/mol. The van der Waals surface area contributed by atoms with E-state index in [-0.39, 0.29) is 40.3 Å². The van der Waals surface area contributed by atoms with Gasteiger partial charge in [-0.3, -0.25) is 4.79 Å². The van der Waals surface area contributed by atoms with E-state index in [1.807, 2.05) is 0 Å². The van der Waals surface area contributed by atoms with Crippen LogP contribution in [-0.2, 0) is 16.0 Å². The Morgan fingerprint density at radius 3 is 2.63 bits per heavy atom. The summed E-state index contributed by atoms with van der Waals surface area (Å²) in [5.74, 6) is -0.612. The number of thioether (sulfide) groups is 1. The number of benzene rings is 1. The number of hydrogen-bond donors (Lipinski definition) is 0. The van der Waals surface area contributed by atoms with Crippen molar-refractivity contribution in [1.29, 1.82) is 0 Å². The molecule has 15 heteroatoms. The van der Waals surface area contributed by atoms with Gasteiger partial charge in [-0.25, -0.2) is 9.78 Å². The Bertz CT molecular complexity index is 1390. The van der Waals surface area contributed by atoms with Crippen LogP contribution in [0.25, 0.3) is 0 Å². The highest BCUT2D eigenvalue weighted by Crippen LogP contribution is 2.38. The van der Waals surface area contributed by atoms with Crippen LogP contribution in [0.1, 0.15) is 40.6 Å². The van der Waals surface area contributed by atoms with Gasteiger partial charge in [0.15, 0.2) is 35.7 Å². The van der Waals surface area contributed by atoms with Crippen molar-refractivity contribution in [3.63, 3.8) is 0 Å². The lowest BCUT2D eigenvalue weighted by molar-refractivity contribution is -0.605. The molecule has 2 aromatic heterocycles. The molecule has 1 saturated carbocycles. The zero-order chi connectivity index (χ0) is 29.1. The number of ether oxygens (including phenoxy) is 3. The van der Waals surface area contributed by atoms with E-state index in [1.54, 1.807) is 0 Å². The minimum Gasteiger partial charge on any atom is -0.619 e. The van der Waals surface area contributed by atoms with E-state index >= 15 is 0 Å². The van der Waals surface area contributed by atoms with E-state index in [4.69, 9.17) is 37.1 Å². The Hall–Kier alpha value is -3.29. The highest BCUT2D eigenvalue weighted by Gasteiger charge is 2.39. The molecule has 0 bridgehead atoms. The molecule has 1 aromatic carbocycles. The van der Waals surface area contributed by atoms with Crippen LogP contribution in [0.15, 0.2) is 47.6 Å². The second-order valence-corrected chi connectivity index (χ2v) is 11.4. The number of nitrogens with zero attached hydrogens (tertiary/aromatic N) is 3. The Labute approximate surface area is 247 Å². The quantitative estimate of drug-likeness (QED) is 0.163. The van der Waals surface area contributed by atoms with Gasteiger partial charge >= 0.3 is 12.6 Å². The molecule has 3 aromatic rings. The average molecular weight is 630 g/mol. The molecule has 2 fully saturated rings. The minimum atomic E-state index is -3.08. The fraction of sp³-hybridized carbons (Fsp3) is 0.385. The topological polar surface area (TPSA) is 118 Å². The molecule has 0 N–H and O–H groups in total. The maximum Gasteiger partial charge on any atom is 0.387 e.